The molecular formula is C10H15NO2. The van der Waals surface area contributed by atoms with Crippen LogP contribution in [-0.2, 0) is 6.42 Å². The van der Waals surface area contributed by atoms with Gasteiger partial charge in [0, 0.05) is 6.54 Å². The number of aryl methyl sites for hydroxylation is 1. The maximum atomic E-state index is 9.44. The molecule has 0 bridgehead atoms. The van der Waals surface area contributed by atoms with Gasteiger partial charge in [-0.15, -0.1) is 0 Å². The molecule has 0 aliphatic rings. The molecule has 72 valence electrons. The van der Waals surface area contributed by atoms with Gasteiger partial charge >= 0.3 is 0 Å². The summed E-state index contributed by atoms with van der Waals surface area (Å²) in [6.45, 7) is 2.17. The van der Waals surface area contributed by atoms with Gasteiger partial charge in [0.2, 0.25) is 0 Å². The number of rotatable bonds is 3. The standard InChI is InChI=1S/C10H15NO2/c1-2-7-3-8(10(13)6-11)5-9(12)4-7/h3-5,10,12-13H,2,6,11H2,1H3. The number of benzene rings is 1. The van der Waals surface area contributed by atoms with E-state index in [0.717, 1.165) is 12.0 Å². The number of hydrogen-bond donors (Lipinski definition) is 3. The minimum absolute atomic E-state index is 0.173. The highest BCUT2D eigenvalue weighted by atomic mass is 16.3. The van der Waals surface area contributed by atoms with Gasteiger partial charge in [0.05, 0.1) is 6.10 Å². The van der Waals surface area contributed by atoms with Gasteiger partial charge in [-0.3, -0.25) is 0 Å². The molecule has 1 rings (SSSR count). The van der Waals surface area contributed by atoms with Crippen LogP contribution < -0.4 is 5.73 Å². The molecule has 0 saturated heterocycles. The Hall–Kier alpha value is -1.06. The number of aliphatic hydroxyl groups excluding tert-OH is 1. The van der Waals surface area contributed by atoms with Crippen LogP contribution >= 0.6 is 0 Å². The van der Waals surface area contributed by atoms with Crippen molar-refractivity contribution in [3.05, 3.63) is 29.3 Å². The lowest BCUT2D eigenvalue weighted by Crippen LogP contribution is -2.11. The van der Waals surface area contributed by atoms with Crippen molar-refractivity contribution in [1.82, 2.24) is 0 Å². The van der Waals surface area contributed by atoms with Crippen LogP contribution in [0.5, 0.6) is 5.75 Å². The molecule has 3 nitrogen and oxygen atoms in total. The third-order valence-electron chi connectivity index (χ3n) is 2.02. The van der Waals surface area contributed by atoms with Crippen LogP contribution in [0.25, 0.3) is 0 Å². The Morgan fingerprint density at radius 3 is 2.62 bits per heavy atom. The monoisotopic (exact) mass is 181 g/mol. The average molecular weight is 181 g/mol. The van der Waals surface area contributed by atoms with Crippen LogP contribution in [0.2, 0.25) is 0 Å². The van der Waals surface area contributed by atoms with E-state index in [1.165, 1.54) is 6.07 Å². The maximum Gasteiger partial charge on any atom is 0.116 e. The quantitative estimate of drug-likeness (QED) is 0.650. The zero-order chi connectivity index (χ0) is 9.84. The van der Waals surface area contributed by atoms with Crippen LogP contribution in [0.4, 0.5) is 0 Å². The first kappa shape index (κ1) is 10.0. The number of aliphatic hydroxyl groups is 1. The molecule has 3 heteroatoms. The third kappa shape index (κ3) is 2.44. The highest BCUT2D eigenvalue weighted by Crippen LogP contribution is 2.20. The Bertz CT molecular complexity index is 286. The van der Waals surface area contributed by atoms with Gasteiger partial charge in [0.15, 0.2) is 0 Å². The first-order valence-electron chi connectivity index (χ1n) is 4.38. The molecule has 0 saturated carbocycles. The van der Waals surface area contributed by atoms with Crippen molar-refractivity contribution in [2.75, 3.05) is 6.54 Å². The minimum Gasteiger partial charge on any atom is -0.508 e. The van der Waals surface area contributed by atoms with E-state index in [-0.39, 0.29) is 12.3 Å². The highest BCUT2D eigenvalue weighted by molar-refractivity contribution is 5.34. The van der Waals surface area contributed by atoms with Crippen LogP contribution in [0.1, 0.15) is 24.2 Å². The maximum absolute atomic E-state index is 9.44. The van der Waals surface area contributed by atoms with E-state index in [4.69, 9.17) is 5.73 Å². The Morgan fingerprint density at radius 1 is 1.38 bits per heavy atom. The van der Waals surface area contributed by atoms with E-state index in [2.05, 4.69) is 0 Å². The molecule has 0 fully saturated rings. The Balaban J connectivity index is 3.01. The molecule has 1 atom stereocenters. The Morgan fingerprint density at radius 2 is 2.08 bits per heavy atom. The van der Waals surface area contributed by atoms with Crippen molar-refractivity contribution >= 4 is 0 Å². The van der Waals surface area contributed by atoms with Gasteiger partial charge in [0.1, 0.15) is 5.75 Å². The van der Waals surface area contributed by atoms with E-state index in [1.54, 1.807) is 6.07 Å². The van der Waals surface area contributed by atoms with Crippen molar-refractivity contribution < 1.29 is 10.2 Å². The van der Waals surface area contributed by atoms with Gasteiger partial charge in [-0.1, -0.05) is 13.0 Å². The minimum atomic E-state index is -0.683. The van der Waals surface area contributed by atoms with E-state index in [1.807, 2.05) is 13.0 Å². The van der Waals surface area contributed by atoms with E-state index in [9.17, 15) is 10.2 Å². The molecule has 0 aromatic heterocycles. The van der Waals surface area contributed by atoms with Crippen molar-refractivity contribution in [2.24, 2.45) is 5.73 Å². The zero-order valence-corrected chi connectivity index (χ0v) is 7.70. The molecule has 0 aliphatic heterocycles. The summed E-state index contributed by atoms with van der Waals surface area (Å²) in [7, 11) is 0. The van der Waals surface area contributed by atoms with Crippen LogP contribution in [0, 0.1) is 0 Å². The fourth-order valence-corrected chi connectivity index (χ4v) is 1.23. The summed E-state index contributed by atoms with van der Waals surface area (Å²) in [6, 6.07) is 5.08. The lowest BCUT2D eigenvalue weighted by atomic mass is 10.0. The van der Waals surface area contributed by atoms with Gasteiger partial charge < -0.3 is 15.9 Å². The average Bonchev–Trinajstić information content (AvgIpc) is 2.15. The van der Waals surface area contributed by atoms with E-state index < -0.39 is 6.10 Å². The number of aromatic hydroxyl groups is 1. The summed E-state index contributed by atoms with van der Waals surface area (Å²) in [4.78, 5) is 0. The lowest BCUT2D eigenvalue weighted by molar-refractivity contribution is 0.186. The molecule has 1 unspecified atom stereocenters. The van der Waals surface area contributed by atoms with Crippen molar-refractivity contribution in [3.8, 4) is 5.75 Å². The molecule has 1 aromatic rings. The normalized spacial score (nSPS) is 12.8. The summed E-state index contributed by atoms with van der Waals surface area (Å²) >= 11 is 0. The second-order valence-corrected chi connectivity index (χ2v) is 3.04. The smallest absolute Gasteiger partial charge is 0.116 e. The van der Waals surface area contributed by atoms with Crippen LogP contribution in [0.3, 0.4) is 0 Å². The summed E-state index contributed by atoms with van der Waals surface area (Å²) in [5, 5.41) is 18.8. The molecule has 0 aliphatic carbocycles. The van der Waals surface area contributed by atoms with Crippen LogP contribution in [-0.4, -0.2) is 16.8 Å². The van der Waals surface area contributed by atoms with Gasteiger partial charge in [0.25, 0.3) is 0 Å². The van der Waals surface area contributed by atoms with Gasteiger partial charge in [-0.05, 0) is 29.7 Å². The molecular weight excluding hydrogens is 166 g/mol. The van der Waals surface area contributed by atoms with Crippen molar-refractivity contribution in [3.63, 3.8) is 0 Å². The molecule has 13 heavy (non-hydrogen) atoms. The topological polar surface area (TPSA) is 66.5 Å². The zero-order valence-electron chi connectivity index (χ0n) is 7.70. The van der Waals surface area contributed by atoms with Crippen LogP contribution in [0.15, 0.2) is 18.2 Å². The van der Waals surface area contributed by atoms with E-state index in [0.29, 0.717) is 5.56 Å². The number of nitrogens with two attached hydrogens (primary N) is 1. The molecule has 4 N–H and O–H groups in total. The summed E-state index contributed by atoms with van der Waals surface area (Å²) < 4.78 is 0. The Kier molecular flexibility index (Phi) is 3.28. The number of hydrogen-bond acceptors (Lipinski definition) is 3. The largest absolute Gasteiger partial charge is 0.508 e. The number of phenolic OH excluding ortho intramolecular Hbond substituents is 1. The van der Waals surface area contributed by atoms with E-state index >= 15 is 0 Å². The Labute approximate surface area is 77.8 Å². The first-order chi connectivity index (χ1) is 6.17. The first-order valence-corrected chi connectivity index (χ1v) is 4.38. The van der Waals surface area contributed by atoms with Crippen molar-refractivity contribution in [1.29, 1.82) is 0 Å². The molecule has 0 radical (unpaired) electrons. The lowest BCUT2D eigenvalue weighted by Gasteiger charge is -2.10. The molecule has 1 aromatic carbocycles. The number of phenols is 1. The highest BCUT2D eigenvalue weighted by Gasteiger charge is 2.06. The fraction of sp³-hybridized carbons (Fsp3) is 0.400. The summed E-state index contributed by atoms with van der Waals surface area (Å²) in [5.74, 6) is 0.182. The molecule has 0 heterocycles. The predicted molar refractivity (Wildman–Crippen MR) is 51.5 cm³/mol. The SMILES string of the molecule is CCc1cc(O)cc(C(O)CN)c1. The summed E-state index contributed by atoms with van der Waals surface area (Å²) in [6.07, 6.45) is 0.149. The second-order valence-electron chi connectivity index (χ2n) is 3.04. The molecule has 0 spiro atoms. The third-order valence-corrected chi connectivity index (χ3v) is 2.02. The van der Waals surface area contributed by atoms with Crippen molar-refractivity contribution in [2.45, 2.75) is 19.4 Å². The fourth-order valence-electron chi connectivity index (χ4n) is 1.23. The summed E-state index contributed by atoms with van der Waals surface area (Å²) in [5.41, 5.74) is 7.00. The van der Waals surface area contributed by atoms with Gasteiger partial charge in [-0.25, -0.2) is 0 Å². The molecule has 0 amide bonds. The predicted octanol–water partition coefficient (Wildman–Crippen LogP) is 0.947. The van der Waals surface area contributed by atoms with Gasteiger partial charge in [-0.2, -0.15) is 0 Å². The second kappa shape index (κ2) is 4.25.